The number of benzene rings is 2. The fourth-order valence-corrected chi connectivity index (χ4v) is 3.29. The Labute approximate surface area is 148 Å². The molecule has 0 aliphatic heterocycles. The van der Waals surface area contributed by atoms with E-state index in [-0.39, 0.29) is 5.04 Å². The first kappa shape index (κ1) is 17.6. The molecule has 1 nitrogen and oxygen atoms in total. The number of halogens is 2. The summed E-state index contributed by atoms with van der Waals surface area (Å²) in [6.45, 7) is 8.89. The van der Waals surface area contributed by atoms with Crippen LogP contribution in [0.3, 0.4) is 0 Å². The van der Waals surface area contributed by atoms with Crippen LogP contribution in [0.15, 0.2) is 46.9 Å². The van der Waals surface area contributed by atoms with Crippen molar-refractivity contribution in [2.75, 3.05) is 0 Å². The molecular formula is C18H21BrClOSi. The molecule has 0 aliphatic carbocycles. The van der Waals surface area contributed by atoms with Crippen molar-refractivity contribution >= 4 is 36.6 Å². The van der Waals surface area contributed by atoms with Crippen molar-refractivity contribution in [1.29, 1.82) is 0 Å². The zero-order valence-electron chi connectivity index (χ0n) is 13.4. The van der Waals surface area contributed by atoms with Gasteiger partial charge in [0.05, 0.1) is 0 Å². The van der Waals surface area contributed by atoms with Crippen LogP contribution in [0.4, 0.5) is 0 Å². The van der Waals surface area contributed by atoms with Gasteiger partial charge >= 0.3 is 0 Å². The van der Waals surface area contributed by atoms with Gasteiger partial charge < -0.3 is 4.43 Å². The van der Waals surface area contributed by atoms with Crippen molar-refractivity contribution in [2.24, 2.45) is 0 Å². The van der Waals surface area contributed by atoms with Gasteiger partial charge in [-0.3, -0.25) is 0 Å². The van der Waals surface area contributed by atoms with E-state index in [9.17, 15) is 0 Å². The van der Waals surface area contributed by atoms with Crippen molar-refractivity contribution in [2.45, 2.75) is 38.8 Å². The van der Waals surface area contributed by atoms with Gasteiger partial charge in [0.2, 0.25) is 0 Å². The second-order valence-corrected chi connectivity index (χ2v) is 10.6. The lowest BCUT2D eigenvalue weighted by Gasteiger charge is -2.25. The fourth-order valence-electron chi connectivity index (χ4n) is 1.90. The van der Waals surface area contributed by atoms with Gasteiger partial charge in [-0.15, -0.1) is 0 Å². The molecule has 1 radical (unpaired) electrons. The summed E-state index contributed by atoms with van der Waals surface area (Å²) in [5.41, 5.74) is 2.35. The first-order chi connectivity index (χ1) is 10.3. The molecule has 0 heterocycles. The van der Waals surface area contributed by atoms with E-state index in [1.807, 2.05) is 12.1 Å². The van der Waals surface area contributed by atoms with Crippen LogP contribution in [0.1, 0.15) is 31.9 Å². The number of hydrogen-bond acceptors (Lipinski definition) is 1. The quantitative estimate of drug-likeness (QED) is 0.536. The molecule has 2 rings (SSSR count). The van der Waals surface area contributed by atoms with Gasteiger partial charge in [0.15, 0.2) is 0 Å². The van der Waals surface area contributed by atoms with E-state index in [1.54, 1.807) is 0 Å². The molecule has 117 valence electrons. The van der Waals surface area contributed by atoms with Crippen molar-refractivity contribution < 1.29 is 4.43 Å². The molecule has 0 aliphatic rings. The molecule has 0 saturated heterocycles. The summed E-state index contributed by atoms with van der Waals surface area (Å²) >= 11 is 9.75. The Morgan fingerprint density at radius 2 is 1.73 bits per heavy atom. The Bertz CT molecular complexity index is 635. The van der Waals surface area contributed by atoms with E-state index in [4.69, 9.17) is 16.0 Å². The lowest BCUT2D eigenvalue weighted by atomic mass is 10.1. The Morgan fingerprint density at radius 1 is 1.09 bits per heavy atom. The molecule has 0 amide bonds. The molecule has 0 unspecified atom stereocenters. The highest BCUT2D eigenvalue weighted by atomic mass is 79.9. The minimum absolute atomic E-state index is 0.229. The standard InChI is InChI=1S/C18H21BrClOSi/c1-18(2,3)22(4)21-16-8-5-13(6-9-16)11-14-12-15(19)7-10-17(14)20/h5-10,12H,11H2,1-4H3. The molecule has 2 aromatic rings. The van der Waals surface area contributed by atoms with Gasteiger partial charge in [-0.1, -0.05) is 60.4 Å². The first-order valence-electron chi connectivity index (χ1n) is 7.30. The van der Waals surface area contributed by atoms with Gasteiger partial charge in [0, 0.05) is 9.50 Å². The Balaban J connectivity index is 2.07. The third-order valence-corrected chi connectivity index (χ3v) is 7.17. The highest BCUT2D eigenvalue weighted by molar-refractivity contribution is 9.10. The lowest BCUT2D eigenvalue weighted by molar-refractivity contribution is 0.520. The van der Waals surface area contributed by atoms with E-state index in [0.717, 1.165) is 27.2 Å². The van der Waals surface area contributed by atoms with Crippen LogP contribution in [0, 0.1) is 0 Å². The summed E-state index contributed by atoms with van der Waals surface area (Å²) in [6.07, 6.45) is 0.821. The van der Waals surface area contributed by atoms with E-state index in [1.165, 1.54) is 5.56 Å². The van der Waals surface area contributed by atoms with Crippen LogP contribution in [0.25, 0.3) is 0 Å². The maximum absolute atomic E-state index is 6.25. The molecule has 0 saturated carbocycles. The smallest absolute Gasteiger partial charge is 0.283 e. The van der Waals surface area contributed by atoms with Crippen molar-refractivity contribution in [3.05, 3.63) is 63.1 Å². The lowest BCUT2D eigenvalue weighted by Crippen LogP contribution is -2.28. The molecule has 0 atom stereocenters. The fraction of sp³-hybridized carbons (Fsp3) is 0.333. The van der Waals surface area contributed by atoms with E-state index in [2.05, 4.69) is 73.6 Å². The van der Waals surface area contributed by atoms with Crippen LogP contribution in [-0.2, 0) is 6.42 Å². The van der Waals surface area contributed by atoms with Gasteiger partial charge in [-0.25, -0.2) is 0 Å². The SMILES string of the molecule is C[Si](Oc1ccc(Cc2cc(Br)ccc2Cl)cc1)C(C)(C)C. The highest BCUT2D eigenvalue weighted by Crippen LogP contribution is 2.29. The summed E-state index contributed by atoms with van der Waals surface area (Å²) in [6, 6.07) is 14.3. The van der Waals surface area contributed by atoms with Crippen molar-refractivity contribution in [1.82, 2.24) is 0 Å². The predicted octanol–water partition coefficient (Wildman–Crippen LogP) is 6.49. The van der Waals surface area contributed by atoms with Crippen LogP contribution < -0.4 is 4.43 Å². The molecule has 2 aromatic carbocycles. The molecule has 0 N–H and O–H groups in total. The summed E-state index contributed by atoms with van der Waals surface area (Å²) < 4.78 is 7.15. The maximum atomic E-state index is 6.25. The Kier molecular flexibility index (Phi) is 5.75. The minimum Gasteiger partial charge on any atom is -0.542 e. The molecule has 0 spiro atoms. The summed E-state index contributed by atoms with van der Waals surface area (Å²) in [5, 5.41) is 1.03. The molecule has 0 aromatic heterocycles. The van der Waals surface area contributed by atoms with Crippen LogP contribution in [0.5, 0.6) is 5.75 Å². The van der Waals surface area contributed by atoms with Gasteiger partial charge in [0.25, 0.3) is 9.04 Å². The topological polar surface area (TPSA) is 9.23 Å². The number of hydrogen-bond donors (Lipinski definition) is 0. The average molecular weight is 397 g/mol. The Hall–Kier alpha value is -0.773. The monoisotopic (exact) mass is 395 g/mol. The first-order valence-corrected chi connectivity index (χ1v) is 10.4. The van der Waals surface area contributed by atoms with Crippen molar-refractivity contribution in [3.8, 4) is 5.75 Å². The van der Waals surface area contributed by atoms with E-state index >= 15 is 0 Å². The predicted molar refractivity (Wildman–Crippen MR) is 100 cm³/mol. The zero-order valence-corrected chi connectivity index (χ0v) is 16.8. The van der Waals surface area contributed by atoms with Crippen molar-refractivity contribution in [3.63, 3.8) is 0 Å². The van der Waals surface area contributed by atoms with Crippen LogP contribution in [0.2, 0.25) is 16.6 Å². The third-order valence-electron chi connectivity index (χ3n) is 3.65. The second kappa shape index (κ2) is 7.20. The average Bonchev–Trinajstić information content (AvgIpc) is 2.44. The largest absolute Gasteiger partial charge is 0.542 e. The summed E-state index contributed by atoms with van der Waals surface area (Å²) in [5.74, 6) is 0.954. The Morgan fingerprint density at radius 3 is 2.32 bits per heavy atom. The molecule has 22 heavy (non-hydrogen) atoms. The maximum Gasteiger partial charge on any atom is 0.283 e. The molecule has 0 bridgehead atoms. The van der Waals surface area contributed by atoms with Gasteiger partial charge in [0.1, 0.15) is 5.75 Å². The molecule has 0 fully saturated rings. The highest BCUT2D eigenvalue weighted by Gasteiger charge is 2.25. The normalized spacial score (nSPS) is 11.8. The summed E-state index contributed by atoms with van der Waals surface area (Å²) in [7, 11) is -0.868. The van der Waals surface area contributed by atoms with E-state index < -0.39 is 9.04 Å². The third kappa shape index (κ3) is 4.87. The van der Waals surface area contributed by atoms with Crippen LogP contribution >= 0.6 is 27.5 Å². The van der Waals surface area contributed by atoms with E-state index in [0.29, 0.717) is 0 Å². The second-order valence-electron chi connectivity index (χ2n) is 6.46. The molecular weight excluding hydrogens is 376 g/mol. The van der Waals surface area contributed by atoms with Crippen LogP contribution in [-0.4, -0.2) is 9.04 Å². The zero-order chi connectivity index (χ0) is 16.3. The number of rotatable bonds is 4. The molecule has 4 heteroatoms. The van der Waals surface area contributed by atoms with Gasteiger partial charge in [-0.2, -0.15) is 0 Å². The minimum atomic E-state index is -0.868. The van der Waals surface area contributed by atoms with Gasteiger partial charge in [-0.05, 0) is 59.5 Å². The summed E-state index contributed by atoms with van der Waals surface area (Å²) in [4.78, 5) is 0.